The average Bonchev–Trinajstić information content (AvgIpc) is 2.81. The van der Waals surface area contributed by atoms with Crippen LogP contribution in [0.4, 0.5) is 0 Å². The summed E-state index contributed by atoms with van der Waals surface area (Å²) in [5, 5.41) is 4.82. The van der Waals surface area contributed by atoms with E-state index in [0.29, 0.717) is 10.6 Å². The standard InChI is InChI=1S/C14H9ClN2O/c15-12-4-1-3-10(7-12)13-5-2-6-17-14(13)11(9-18)8-16-17/h1-9H. The van der Waals surface area contributed by atoms with Crippen LogP contribution in [0.2, 0.25) is 5.02 Å². The van der Waals surface area contributed by atoms with E-state index in [1.807, 2.05) is 42.6 Å². The van der Waals surface area contributed by atoms with Gasteiger partial charge in [-0.2, -0.15) is 5.10 Å². The largest absolute Gasteiger partial charge is 0.298 e. The Bertz CT molecular complexity index is 733. The van der Waals surface area contributed by atoms with Crippen molar-refractivity contribution in [2.45, 2.75) is 0 Å². The first kappa shape index (κ1) is 11.0. The molecule has 0 radical (unpaired) electrons. The minimum absolute atomic E-state index is 0.575. The number of pyridine rings is 1. The minimum Gasteiger partial charge on any atom is -0.298 e. The Morgan fingerprint density at radius 2 is 2.11 bits per heavy atom. The second kappa shape index (κ2) is 4.27. The van der Waals surface area contributed by atoms with Crippen molar-refractivity contribution < 1.29 is 4.79 Å². The second-order valence-corrected chi connectivity index (χ2v) is 4.38. The Kier molecular flexibility index (Phi) is 2.61. The zero-order valence-electron chi connectivity index (χ0n) is 9.38. The highest BCUT2D eigenvalue weighted by Gasteiger charge is 2.09. The number of hydrogen-bond donors (Lipinski definition) is 0. The predicted octanol–water partition coefficient (Wildman–Crippen LogP) is 3.47. The summed E-state index contributed by atoms with van der Waals surface area (Å²) in [5.41, 5.74) is 3.29. The van der Waals surface area contributed by atoms with Gasteiger partial charge in [0.25, 0.3) is 0 Å². The van der Waals surface area contributed by atoms with E-state index in [1.54, 1.807) is 10.7 Å². The first-order chi connectivity index (χ1) is 8.79. The monoisotopic (exact) mass is 256 g/mol. The van der Waals surface area contributed by atoms with Gasteiger partial charge in [-0.05, 0) is 23.8 Å². The number of benzene rings is 1. The van der Waals surface area contributed by atoms with Crippen molar-refractivity contribution in [1.82, 2.24) is 9.61 Å². The molecule has 88 valence electrons. The molecule has 3 aromatic rings. The first-order valence-electron chi connectivity index (χ1n) is 5.47. The third-order valence-electron chi connectivity index (χ3n) is 2.83. The van der Waals surface area contributed by atoms with Gasteiger partial charge in [0.2, 0.25) is 0 Å². The molecule has 3 nitrogen and oxygen atoms in total. The number of hydrogen-bond acceptors (Lipinski definition) is 2. The molecule has 0 saturated carbocycles. The van der Waals surface area contributed by atoms with Crippen molar-refractivity contribution in [3.8, 4) is 11.1 Å². The minimum atomic E-state index is 0.575. The van der Waals surface area contributed by atoms with Crippen molar-refractivity contribution in [1.29, 1.82) is 0 Å². The molecule has 0 saturated heterocycles. The van der Waals surface area contributed by atoms with Gasteiger partial charge in [-0.15, -0.1) is 0 Å². The van der Waals surface area contributed by atoms with Gasteiger partial charge in [0.15, 0.2) is 6.29 Å². The third kappa shape index (κ3) is 1.69. The zero-order chi connectivity index (χ0) is 12.5. The lowest BCUT2D eigenvalue weighted by atomic mass is 10.0. The van der Waals surface area contributed by atoms with Gasteiger partial charge in [-0.1, -0.05) is 29.8 Å². The van der Waals surface area contributed by atoms with E-state index in [0.717, 1.165) is 22.9 Å². The van der Waals surface area contributed by atoms with Crippen molar-refractivity contribution in [2.75, 3.05) is 0 Å². The summed E-state index contributed by atoms with van der Waals surface area (Å²) >= 11 is 6.00. The molecular weight excluding hydrogens is 248 g/mol. The molecule has 0 N–H and O–H groups in total. The number of rotatable bonds is 2. The molecule has 0 spiro atoms. The van der Waals surface area contributed by atoms with Gasteiger partial charge >= 0.3 is 0 Å². The molecule has 1 aromatic carbocycles. The van der Waals surface area contributed by atoms with Gasteiger partial charge in [-0.3, -0.25) is 4.79 Å². The van der Waals surface area contributed by atoms with Crippen molar-refractivity contribution in [3.63, 3.8) is 0 Å². The van der Waals surface area contributed by atoms with Crippen molar-refractivity contribution in [2.24, 2.45) is 0 Å². The Hall–Kier alpha value is -2.13. The maximum atomic E-state index is 11.1. The summed E-state index contributed by atoms with van der Waals surface area (Å²) < 4.78 is 1.69. The van der Waals surface area contributed by atoms with Crippen LogP contribution in [-0.4, -0.2) is 15.9 Å². The molecule has 2 heterocycles. The zero-order valence-corrected chi connectivity index (χ0v) is 10.1. The van der Waals surface area contributed by atoms with Crippen LogP contribution in [0, 0.1) is 0 Å². The van der Waals surface area contributed by atoms with Crippen molar-refractivity contribution >= 4 is 23.4 Å². The molecule has 0 fully saturated rings. The number of aromatic nitrogens is 2. The highest BCUT2D eigenvalue weighted by molar-refractivity contribution is 6.30. The van der Waals surface area contributed by atoms with Gasteiger partial charge < -0.3 is 0 Å². The van der Waals surface area contributed by atoms with E-state index in [4.69, 9.17) is 11.6 Å². The van der Waals surface area contributed by atoms with Gasteiger partial charge in [0, 0.05) is 16.8 Å². The van der Waals surface area contributed by atoms with E-state index >= 15 is 0 Å². The SMILES string of the molecule is O=Cc1cnn2cccc(-c3cccc(Cl)c3)c12. The molecule has 0 bridgehead atoms. The van der Waals surface area contributed by atoms with Crippen molar-refractivity contribution in [3.05, 3.63) is 59.4 Å². The summed E-state index contributed by atoms with van der Waals surface area (Å²) in [4.78, 5) is 11.1. The van der Waals surface area contributed by atoms with Crippen LogP contribution in [0.5, 0.6) is 0 Å². The molecule has 2 aromatic heterocycles. The summed E-state index contributed by atoms with van der Waals surface area (Å²) in [6, 6.07) is 11.4. The van der Waals surface area contributed by atoms with E-state index in [2.05, 4.69) is 5.10 Å². The maximum absolute atomic E-state index is 11.1. The normalized spacial score (nSPS) is 10.7. The number of fused-ring (bicyclic) bond motifs is 1. The molecule has 0 unspecified atom stereocenters. The topological polar surface area (TPSA) is 34.4 Å². The van der Waals surface area contributed by atoms with Crippen LogP contribution >= 0.6 is 11.6 Å². The van der Waals surface area contributed by atoms with Crippen LogP contribution in [0.3, 0.4) is 0 Å². The first-order valence-corrected chi connectivity index (χ1v) is 5.85. The number of aldehydes is 1. The quantitative estimate of drug-likeness (QED) is 0.658. The molecule has 0 atom stereocenters. The molecule has 0 aliphatic carbocycles. The Morgan fingerprint density at radius 1 is 1.22 bits per heavy atom. The summed E-state index contributed by atoms with van der Waals surface area (Å²) in [6.45, 7) is 0. The summed E-state index contributed by atoms with van der Waals surface area (Å²) in [6.07, 6.45) is 4.20. The number of nitrogens with zero attached hydrogens (tertiary/aromatic N) is 2. The summed E-state index contributed by atoms with van der Waals surface area (Å²) in [5.74, 6) is 0. The number of halogens is 1. The Balaban J connectivity index is 2.35. The van der Waals surface area contributed by atoms with Crippen LogP contribution in [-0.2, 0) is 0 Å². The lowest BCUT2D eigenvalue weighted by molar-refractivity contribution is 0.112. The van der Waals surface area contributed by atoms with Crippen LogP contribution in [0.25, 0.3) is 16.6 Å². The van der Waals surface area contributed by atoms with E-state index in [-0.39, 0.29) is 0 Å². The lowest BCUT2D eigenvalue weighted by Crippen LogP contribution is -1.90. The number of carbonyl (C=O) groups excluding carboxylic acids is 1. The Labute approximate surface area is 109 Å². The fourth-order valence-corrected chi connectivity index (χ4v) is 2.23. The van der Waals surface area contributed by atoms with Crippen LogP contribution in [0.15, 0.2) is 48.8 Å². The van der Waals surface area contributed by atoms with Gasteiger partial charge in [0.1, 0.15) is 0 Å². The van der Waals surface area contributed by atoms with E-state index in [1.165, 1.54) is 0 Å². The molecule has 4 heteroatoms. The van der Waals surface area contributed by atoms with E-state index < -0.39 is 0 Å². The molecule has 18 heavy (non-hydrogen) atoms. The fourth-order valence-electron chi connectivity index (χ4n) is 2.04. The van der Waals surface area contributed by atoms with Crippen LogP contribution in [0.1, 0.15) is 10.4 Å². The van der Waals surface area contributed by atoms with E-state index in [9.17, 15) is 4.79 Å². The van der Waals surface area contributed by atoms with Gasteiger partial charge in [0.05, 0.1) is 17.3 Å². The molecule has 0 aliphatic heterocycles. The predicted molar refractivity (Wildman–Crippen MR) is 71.0 cm³/mol. The summed E-state index contributed by atoms with van der Waals surface area (Å²) in [7, 11) is 0. The Morgan fingerprint density at radius 3 is 2.89 bits per heavy atom. The highest BCUT2D eigenvalue weighted by atomic mass is 35.5. The molecular formula is C14H9ClN2O. The maximum Gasteiger partial charge on any atom is 0.153 e. The molecule has 0 amide bonds. The fraction of sp³-hybridized carbons (Fsp3) is 0. The molecule has 0 aliphatic rings. The smallest absolute Gasteiger partial charge is 0.153 e. The second-order valence-electron chi connectivity index (χ2n) is 3.94. The number of carbonyl (C=O) groups is 1. The average molecular weight is 257 g/mol. The third-order valence-corrected chi connectivity index (χ3v) is 3.07. The highest BCUT2D eigenvalue weighted by Crippen LogP contribution is 2.28. The lowest BCUT2D eigenvalue weighted by Gasteiger charge is -2.05. The van der Waals surface area contributed by atoms with Gasteiger partial charge in [-0.25, -0.2) is 4.52 Å². The van der Waals surface area contributed by atoms with Crippen LogP contribution < -0.4 is 0 Å². The molecule has 3 rings (SSSR count).